The van der Waals surface area contributed by atoms with Crippen molar-refractivity contribution >= 4 is 22.6 Å². The van der Waals surface area contributed by atoms with Gasteiger partial charge in [0.25, 0.3) is 0 Å². The highest BCUT2D eigenvalue weighted by atomic mass is 16.2. The van der Waals surface area contributed by atoms with Crippen molar-refractivity contribution in [1.82, 2.24) is 9.97 Å². The van der Waals surface area contributed by atoms with Crippen molar-refractivity contribution in [2.24, 2.45) is 23.2 Å². The van der Waals surface area contributed by atoms with Crippen LogP contribution in [-0.4, -0.2) is 15.9 Å². The zero-order chi connectivity index (χ0) is 19.4. The van der Waals surface area contributed by atoms with Gasteiger partial charge in [0.2, 0.25) is 5.91 Å². The van der Waals surface area contributed by atoms with Gasteiger partial charge >= 0.3 is 0 Å². The average molecular weight is 386 g/mol. The van der Waals surface area contributed by atoms with E-state index in [0.717, 1.165) is 66.0 Å². The predicted octanol–water partition coefficient (Wildman–Crippen LogP) is 5.31. The van der Waals surface area contributed by atoms with Crippen molar-refractivity contribution in [2.75, 3.05) is 5.32 Å². The Kier molecular flexibility index (Phi) is 3.84. The van der Waals surface area contributed by atoms with E-state index in [4.69, 9.17) is 4.98 Å². The lowest BCUT2D eigenvalue weighted by Gasteiger charge is -2.55. The van der Waals surface area contributed by atoms with E-state index in [-0.39, 0.29) is 11.3 Å². The van der Waals surface area contributed by atoms with Crippen LogP contribution in [0.2, 0.25) is 0 Å². The van der Waals surface area contributed by atoms with Gasteiger partial charge in [0.15, 0.2) is 0 Å². The van der Waals surface area contributed by atoms with Gasteiger partial charge in [-0.25, -0.2) is 4.98 Å². The lowest BCUT2D eigenvalue weighted by molar-refractivity contribution is -0.140. The van der Waals surface area contributed by atoms with Crippen LogP contribution in [0, 0.1) is 23.2 Å². The summed E-state index contributed by atoms with van der Waals surface area (Å²) in [5, 5.41) is 3.26. The van der Waals surface area contributed by atoms with Gasteiger partial charge in [-0.1, -0.05) is 30.3 Å². The van der Waals surface area contributed by atoms with Crippen molar-refractivity contribution in [3.8, 4) is 0 Å². The monoisotopic (exact) mass is 385 g/mol. The Morgan fingerprint density at radius 3 is 2.38 bits per heavy atom. The maximum atomic E-state index is 13.3. The molecule has 29 heavy (non-hydrogen) atoms. The van der Waals surface area contributed by atoms with Crippen LogP contribution in [0.1, 0.15) is 49.9 Å². The number of nitrogens with one attached hydrogen (secondary N) is 2. The molecule has 0 spiro atoms. The van der Waals surface area contributed by atoms with Crippen molar-refractivity contribution < 1.29 is 4.79 Å². The Hall–Kier alpha value is -2.62. The van der Waals surface area contributed by atoms with Crippen LogP contribution in [0.15, 0.2) is 48.5 Å². The van der Waals surface area contributed by atoms with Crippen LogP contribution in [-0.2, 0) is 11.2 Å². The summed E-state index contributed by atoms with van der Waals surface area (Å²) in [6.45, 7) is 0. The summed E-state index contributed by atoms with van der Waals surface area (Å²) in [5.41, 5.74) is 3.94. The van der Waals surface area contributed by atoms with Crippen LogP contribution >= 0.6 is 0 Å². The van der Waals surface area contributed by atoms with Gasteiger partial charge in [-0.15, -0.1) is 0 Å². The van der Waals surface area contributed by atoms with Crippen LogP contribution in [0.5, 0.6) is 0 Å². The maximum absolute atomic E-state index is 13.3. The second-order valence-corrected chi connectivity index (χ2v) is 9.73. The minimum atomic E-state index is -0.115. The number of aromatic nitrogens is 2. The normalized spacial score (nSPS) is 30.0. The maximum Gasteiger partial charge on any atom is 0.230 e. The number of hydrogen-bond donors (Lipinski definition) is 2. The Morgan fingerprint density at radius 2 is 1.69 bits per heavy atom. The molecule has 7 rings (SSSR count). The fourth-order valence-corrected chi connectivity index (χ4v) is 6.67. The third kappa shape index (κ3) is 3.06. The molecule has 4 heteroatoms. The zero-order valence-corrected chi connectivity index (χ0v) is 16.7. The molecule has 4 nitrogen and oxygen atoms in total. The van der Waals surface area contributed by atoms with Crippen LogP contribution in [0.4, 0.5) is 5.69 Å². The molecular formula is C25H27N3O. The molecule has 148 valence electrons. The standard InChI is InChI=1S/C25H27N3O/c29-24(25-13-17-8-18(14-25)10-19(9-17)15-25)26-20-6-7-21-22(12-20)28-23(27-21)11-16-4-2-1-3-5-16/h1-7,12,17-19H,8-11,13-15H2,(H,26,29)(H,27,28). The number of amides is 1. The fourth-order valence-electron chi connectivity index (χ4n) is 6.67. The predicted molar refractivity (Wildman–Crippen MR) is 115 cm³/mol. The van der Waals surface area contributed by atoms with E-state index in [0.29, 0.717) is 0 Å². The number of hydrogen-bond acceptors (Lipinski definition) is 2. The van der Waals surface area contributed by atoms with Gasteiger partial charge in [-0.3, -0.25) is 4.79 Å². The van der Waals surface area contributed by atoms with Crippen LogP contribution < -0.4 is 5.32 Å². The molecule has 1 heterocycles. The number of rotatable bonds is 4. The molecule has 2 aromatic carbocycles. The first-order valence-electron chi connectivity index (χ1n) is 11.0. The first kappa shape index (κ1) is 17.3. The highest BCUT2D eigenvalue weighted by Crippen LogP contribution is 2.60. The number of fused-ring (bicyclic) bond motifs is 1. The molecule has 4 aliphatic rings. The van der Waals surface area contributed by atoms with Gasteiger partial charge in [0, 0.05) is 12.1 Å². The number of carbonyl (C=O) groups excluding carboxylic acids is 1. The average Bonchev–Trinajstić information content (AvgIpc) is 3.09. The highest BCUT2D eigenvalue weighted by Gasteiger charge is 2.54. The first-order chi connectivity index (χ1) is 14.1. The number of benzene rings is 2. The number of anilines is 1. The van der Waals surface area contributed by atoms with Crippen LogP contribution in [0.25, 0.3) is 11.0 Å². The van der Waals surface area contributed by atoms with E-state index in [9.17, 15) is 4.79 Å². The molecule has 0 aliphatic heterocycles. The summed E-state index contributed by atoms with van der Waals surface area (Å²) < 4.78 is 0. The second-order valence-electron chi connectivity index (χ2n) is 9.73. The molecule has 4 aliphatic carbocycles. The minimum Gasteiger partial charge on any atom is -0.342 e. The third-order valence-corrected chi connectivity index (χ3v) is 7.52. The van der Waals surface area contributed by atoms with Gasteiger partial charge in [0.05, 0.1) is 16.4 Å². The molecule has 1 aromatic heterocycles. The van der Waals surface area contributed by atoms with Crippen molar-refractivity contribution in [3.63, 3.8) is 0 Å². The number of H-pyrrole nitrogens is 1. The molecule has 0 atom stereocenters. The Balaban J connectivity index is 1.22. The lowest BCUT2D eigenvalue weighted by atomic mass is 9.49. The van der Waals surface area contributed by atoms with Crippen molar-refractivity contribution in [1.29, 1.82) is 0 Å². The molecule has 1 amide bonds. The van der Waals surface area contributed by atoms with E-state index in [1.807, 2.05) is 24.3 Å². The van der Waals surface area contributed by atoms with E-state index in [2.05, 4.69) is 34.6 Å². The molecule has 0 radical (unpaired) electrons. The quantitative estimate of drug-likeness (QED) is 0.639. The van der Waals surface area contributed by atoms with Crippen molar-refractivity contribution in [2.45, 2.75) is 44.9 Å². The van der Waals surface area contributed by atoms with E-state index in [1.165, 1.54) is 24.8 Å². The first-order valence-corrected chi connectivity index (χ1v) is 11.0. The molecular weight excluding hydrogens is 358 g/mol. The second kappa shape index (κ2) is 6.45. The highest BCUT2D eigenvalue weighted by molar-refractivity contribution is 5.97. The van der Waals surface area contributed by atoms with E-state index >= 15 is 0 Å². The molecule has 3 aromatic rings. The number of carbonyl (C=O) groups is 1. The summed E-state index contributed by atoms with van der Waals surface area (Å²) in [6, 6.07) is 16.4. The van der Waals surface area contributed by atoms with E-state index < -0.39 is 0 Å². The molecule has 4 fully saturated rings. The molecule has 4 saturated carbocycles. The topological polar surface area (TPSA) is 57.8 Å². The molecule has 4 bridgehead atoms. The van der Waals surface area contributed by atoms with Crippen LogP contribution in [0.3, 0.4) is 0 Å². The Bertz CT molecular complexity index is 1030. The zero-order valence-electron chi connectivity index (χ0n) is 16.7. The van der Waals surface area contributed by atoms with E-state index in [1.54, 1.807) is 0 Å². The summed E-state index contributed by atoms with van der Waals surface area (Å²) in [4.78, 5) is 21.5. The SMILES string of the molecule is O=C(Nc1ccc2nc(Cc3ccccc3)[nH]c2c1)C12CC3CC(CC(C3)C1)C2. The number of imidazole rings is 1. The Labute approximate surface area is 171 Å². The lowest BCUT2D eigenvalue weighted by Crippen LogP contribution is -2.51. The summed E-state index contributed by atoms with van der Waals surface area (Å²) in [6.07, 6.45) is 8.14. The fraction of sp³-hybridized carbons (Fsp3) is 0.440. The van der Waals surface area contributed by atoms with Gasteiger partial charge in [-0.05, 0) is 80.0 Å². The minimum absolute atomic E-state index is 0.115. The molecule has 0 saturated heterocycles. The summed E-state index contributed by atoms with van der Waals surface area (Å²) >= 11 is 0. The van der Waals surface area contributed by atoms with Gasteiger partial charge in [-0.2, -0.15) is 0 Å². The number of aromatic amines is 1. The van der Waals surface area contributed by atoms with Gasteiger partial charge in [0.1, 0.15) is 5.82 Å². The largest absolute Gasteiger partial charge is 0.342 e. The summed E-state index contributed by atoms with van der Waals surface area (Å²) in [5.74, 6) is 3.55. The van der Waals surface area contributed by atoms with Gasteiger partial charge < -0.3 is 10.3 Å². The Morgan fingerprint density at radius 1 is 1.00 bits per heavy atom. The summed E-state index contributed by atoms with van der Waals surface area (Å²) in [7, 11) is 0. The third-order valence-electron chi connectivity index (χ3n) is 7.52. The smallest absolute Gasteiger partial charge is 0.230 e. The van der Waals surface area contributed by atoms with Crippen molar-refractivity contribution in [3.05, 3.63) is 59.9 Å². The number of nitrogens with zero attached hydrogens (tertiary/aromatic N) is 1. The molecule has 2 N–H and O–H groups in total. The molecule has 0 unspecified atom stereocenters.